The van der Waals surface area contributed by atoms with Crippen LogP contribution >= 0.6 is 0 Å². The van der Waals surface area contributed by atoms with Gasteiger partial charge in [0.05, 0.1) is 25.4 Å². The predicted octanol–water partition coefficient (Wildman–Crippen LogP) is -9.14. The largest absolute Gasteiger partial charge is 0.479 e. The summed E-state index contributed by atoms with van der Waals surface area (Å²) < 4.78 is 48.6. The van der Waals surface area contributed by atoms with Gasteiger partial charge in [0.1, 0.15) is 97.7 Å². The van der Waals surface area contributed by atoms with Crippen molar-refractivity contribution in [3.63, 3.8) is 0 Å². The number of carboxylic acid groups (broad SMARTS) is 1. The molecular weight excluding hydrogens is 732 g/mol. The van der Waals surface area contributed by atoms with Crippen molar-refractivity contribution in [1.82, 2.24) is 0 Å². The minimum absolute atomic E-state index is 0.588. The predicted molar refractivity (Wildman–Crippen MR) is 158 cm³/mol. The monoisotopic (exact) mass is 780 g/mol. The third kappa shape index (κ3) is 8.64. The second-order valence-electron chi connectivity index (χ2n) is 13.5. The van der Waals surface area contributed by atoms with E-state index in [2.05, 4.69) is 0 Å². The average molecular weight is 781 g/mol. The van der Waals surface area contributed by atoms with Gasteiger partial charge in [-0.1, -0.05) is 0 Å². The summed E-state index contributed by atoms with van der Waals surface area (Å²) in [6, 6.07) is 0. The van der Waals surface area contributed by atoms with E-state index in [9.17, 15) is 76.3 Å². The molecule has 24 atom stereocenters. The first kappa shape index (κ1) is 42.7. The van der Waals surface area contributed by atoms with Gasteiger partial charge in [0.15, 0.2) is 37.6 Å². The minimum Gasteiger partial charge on any atom is -0.479 e. The molecule has 5 fully saturated rings. The fourth-order valence-corrected chi connectivity index (χ4v) is 6.57. The summed E-state index contributed by atoms with van der Waals surface area (Å²) in [6.07, 6.45) is -42.6. The van der Waals surface area contributed by atoms with Crippen molar-refractivity contribution < 1.29 is 119 Å². The van der Waals surface area contributed by atoms with Crippen LogP contribution in [0.3, 0.4) is 0 Å². The second-order valence-corrected chi connectivity index (χ2v) is 13.5. The van der Waals surface area contributed by atoms with Gasteiger partial charge in [-0.05, 0) is 13.8 Å². The first-order valence-electron chi connectivity index (χ1n) is 16.7. The number of aliphatic hydroxyl groups is 13. The summed E-state index contributed by atoms with van der Waals surface area (Å²) >= 11 is 0. The Morgan fingerprint density at radius 3 is 1.55 bits per heavy atom. The molecule has 5 rings (SSSR count). The normalized spacial score (nSPS) is 54.0. The van der Waals surface area contributed by atoms with E-state index in [-0.39, 0.29) is 0 Å². The Labute approximate surface area is 299 Å². The number of aliphatic hydroxyl groups excluding tert-OH is 13. The van der Waals surface area contributed by atoms with Gasteiger partial charge in [-0.15, -0.1) is 0 Å². The maximum Gasteiger partial charge on any atom is 0.335 e. The maximum absolute atomic E-state index is 12.3. The van der Waals surface area contributed by atoms with Crippen LogP contribution in [0.15, 0.2) is 0 Å². The first-order valence-corrected chi connectivity index (χ1v) is 16.7. The number of rotatable bonds is 10. The van der Waals surface area contributed by atoms with Crippen LogP contribution in [0.5, 0.6) is 0 Å². The van der Waals surface area contributed by atoms with E-state index in [0.717, 1.165) is 0 Å². The quantitative estimate of drug-likeness (QED) is 0.0978. The molecule has 0 aromatic heterocycles. The molecule has 308 valence electrons. The van der Waals surface area contributed by atoms with Crippen molar-refractivity contribution in [3.8, 4) is 0 Å². The Hall–Kier alpha value is -1.41. The van der Waals surface area contributed by atoms with Gasteiger partial charge in [-0.25, -0.2) is 4.79 Å². The average Bonchev–Trinajstić information content (AvgIpc) is 3.12. The van der Waals surface area contributed by atoms with E-state index >= 15 is 0 Å². The summed E-state index contributed by atoms with van der Waals surface area (Å²) in [6.45, 7) is 1.26. The Morgan fingerprint density at radius 2 is 1.00 bits per heavy atom. The van der Waals surface area contributed by atoms with E-state index in [1.807, 2.05) is 0 Å². The molecule has 0 amide bonds. The fraction of sp³-hybridized carbons (Fsp3) is 0.966. The number of carboxylic acids is 1. The van der Waals surface area contributed by atoms with Crippen LogP contribution in [0.1, 0.15) is 13.8 Å². The van der Waals surface area contributed by atoms with E-state index < -0.39 is 167 Å². The van der Waals surface area contributed by atoms with Crippen LogP contribution in [0.4, 0.5) is 0 Å². The summed E-state index contributed by atoms with van der Waals surface area (Å²) in [5.74, 6) is -1.80. The van der Waals surface area contributed by atoms with E-state index in [0.29, 0.717) is 0 Å². The lowest BCUT2D eigenvalue weighted by Gasteiger charge is -2.48. The molecule has 0 aliphatic carbocycles. The molecule has 5 aliphatic rings. The van der Waals surface area contributed by atoms with Crippen molar-refractivity contribution in [2.24, 2.45) is 0 Å². The lowest BCUT2D eigenvalue weighted by Crippen LogP contribution is -2.67. The Bertz CT molecular complexity index is 1200. The molecular formula is C29H48O24. The lowest BCUT2D eigenvalue weighted by molar-refractivity contribution is -0.387. The van der Waals surface area contributed by atoms with Gasteiger partial charge >= 0.3 is 5.97 Å². The van der Waals surface area contributed by atoms with Crippen molar-refractivity contribution >= 4 is 5.97 Å². The molecule has 0 aromatic rings. The van der Waals surface area contributed by atoms with Gasteiger partial charge in [0.25, 0.3) is 0 Å². The molecule has 0 saturated carbocycles. The molecule has 24 nitrogen and oxygen atoms in total. The SMILES string of the molecule is C[C@@H]1O[C@@H](O[C@H]2[C@H](O)[C@H](O[C@H]3O[C@H](C(=O)O)[C@@H](O[C@@H]4OC[C@@H](O[C@@H]5O[C@@H](C)[C@@H](O)[C@@H](O)[C@@H]5O)[C@H](O)[C@H]4O)[C@H](O)[C@H]3O)[C@@H](O)O[C@@H]2CO)[C@H](O)[C@H](O)[C@H]1O. The Balaban J connectivity index is 1.23. The fourth-order valence-electron chi connectivity index (χ4n) is 6.57. The van der Waals surface area contributed by atoms with Gasteiger partial charge in [-0.3, -0.25) is 0 Å². The summed E-state index contributed by atoms with van der Waals surface area (Å²) in [5.41, 5.74) is 0. The van der Waals surface area contributed by atoms with Gasteiger partial charge in [0, 0.05) is 0 Å². The van der Waals surface area contributed by atoms with E-state index in [1.165, 1.54) is 13.8 Å². The van der Waals surface area contributed by atoms with Crippen molar-refractivity contribution in [3.05, 3.63) is 0 Å². The number of hydrogen-bond donors (Lipinski definition) is 14. The van der Waals surface area contributed by atoms with Crippen LogP contribution in [0.2, 0.25) is 0 Å². The van der Waals surface area contributed by atoms with Gasteiger partial charge < -0.3 is 114 Å². The zero-order valence-corrected chi connectivity index (χ0v) is 28.1. The van der Waals surface area contributed by atoms with Gasteiger partial charge in [-0.2, -0.15) is 0 Å². The second kappa shape index (κ2) is 17.4. The maximum atomic E-state index is 12.3. The zero-order valence-electron chi connectivity index (χ0n) is 28.1. The van der Waals surface area contributed by atoms with Crippen LogP contribution in [0, 0.1) is 0 Å². The third-order valence-electron chi connectivity index (χ3n) is 9.84. The van der Waals surface area contributed by atoms with E-state index in [4.69, 9.17) is 42.6 Å². The number of aliphatic carboxylic acids is 1. The molecule has 5 saturated heterocycles. The van der Waals surface area contributed by atoms with Crippen LogP contribution in [-0.4, -0.2) is 238 Å². The Kier molecular flexibility index (Phi) is 14.0. The molecule has 0 bridgehead atoms. The number of hydrogen-bond acceptors (Lipinski definition) is 23. The minimum atomic E-state index is -2.21. The standard InChI is InChI=1S/C29H48O24/c1-5-9(31)12(34)16(38)27(46-5)49-8-4-45-26(15(37)11(8)33)51-21-14(36)18(40)29(53-23(21)24(42)43)52-22-19(41)20(7(3-30)48-25(22)44)50-28-17(39)13(35)10(32)6(2)47-28/h5-23,25-41,44H,3-4H2,1-2H3,(H,42,43)/t5-,6-,7+,8+,9+,10-,11-,12+,13+,14+,15+,16-,17+,18+,19-,20+,21-,22-,23-,25-,26-,27-,28-,29-/m0/s1. The molecule has 0 unspecified atom stereocenters. The Morgan fingerprint density at radius 1 is 0.528 bits per heavy atom. The molecule has 5 aliphatic heterocycles. The number of carbonyl (C=O) groups is 1. The van der Waals surface area contributed by atoms with Crippen molar-refractivity contribution in [2.45, 2.75) is 161 Å². The highest BCUT2D eigenvalue weighted by Gasteiger charge is 2.56. The van der Waals surface area contributed by atoms with E-state index in [1.54, 1.807) is 0 Å². The zero-order chi connectivity index (χ0) is 39.2. The number of ether oxygens (including phenoxy) is 9. The summed E-state index contributed by atoms with van der Waals surface area (Å²) in [5, 5.41) is 145. The highest BCUT2D eigenvalue weighted by Crippen LogP contribution is 2.34. The molecule has 0 aromatic carbocycles. The van der Waals surface area contributed by atoms with Crippen LogP contribution in [-0.2, 0) is 47.4 Å². The molecule has 14 N–H and O–H groups in total. The van der Waals surface area contributed by atoms with Crippen LogP contribution < -0.4 is 0 Å². The highest BCUT2D eigenvalue weighted by atomic mass is 16.8. The highest BCUT2D eigenvalue weighted by molar-refractivity contribution is 5.73. The van der Waals surface area contributed by atoms with Crippen molar-refractivity contribution in [2.75, 3.05) is 13.2 Å². The van der Waals surface area contributed by atoms with Crippen molar-refractivity contribution in [1.29, 1.82) is 0 Å². The molecule has 0 spiro atoms. The van der Waals surface area contributed by atoms with Crippen LogP contribution in [0.25, 0.3) is 0 Å². The smallest absolute Gasteiger partial charge is 0.335 e. The lowest BCUT2D eigenvalue weighted by atomic mass is 9.96. The summed E-state index contributed by atoms with van der Waals surface area (Å²) in [4.78, 5) is 12.3. The summed E-state index contributed by atoms with van der Waals surface area (Å²) in [7, 11) is 0. The first-order chi connectivity index (χ1) is 24.9. The van der Waals surface area contributed by atoms with Gasteiger partial charge in [0.2, 0.25) is 0 Å². The topological polar surface area (TPSA) is 383 Å². The third-order valence-corrected chi connectivity index (χ3v) is 9.84. The molecule has 24 heteroatoms. The molecule has 0 radical (unpaired) electrons. The molecule has 53 heavy (non-hydrogen) atoms. The molecule has 5 heterocycles.